The van der Waals surface area contributed by atoms with Crippen LogP contribution in [0, 0.1) is 13.8 Å². The van der Waals surface area contributed by atoms with Crippen molar-refractivity contribution in [3.05, 3.63) is 64.2 Å². The molecule has 0 unspecified atom stereocenters. The molecule has 3 nitrogen and oxygen atoms in total. The molecule has 0 fully saturated rings. The molecule has 0 saturated heterocycles. The number of anilines is 1. The fourth-order valence-electron chi connectivity index (χ4n) is 3.23. The lowest BCUT2D eigenvalue weighted by Gasteiger charge is -2.22. The van der Waals surface area contributed by atoms with Crippen LogP contribution in [-0.2, 0) is 24.2 Å². The van der Waals surface area contributed by atoms with Crippen LogP contribution in [0.4, 0.5) is 5.69 Å². The summed E-state index contributed by atoms with van der Waals surface area (Å²) in [5.74, 6) is -0.778. The Labute approximate surface area is 131 Å². The van der Waals surface area contributed by atoms with Gasteiger partial charge in [-0.15, -0.1) is 0 Å². The number of aliphatic carboxylic acids is 1. The third kappa shape index (κ3) is 2.84. The summed E-state index contributed by atoms with van der Waals surface area (Å²) in [6.45, 7) is 6.20. The number of aryl methyl sites for hydroxylation is 2. The summed E-state index contributed by atoms with van der Waals surface area (Å²) < 4.78 is 0. The van der Waals surface area contributed by atoms with Gasteiger partial charge in [0.2, 0.25) is 0 Å². The molecule has 2 aromatic carbocycles. The Morgan fingerprint density at radius 1 is 1.18 bits per heavy atom. The molecule has 1 N–H and O–H groups in total. The third-order valence-corrected chi connectivity index (χ3v) is 4.49. The van der Waals surface area contributed by atoms with Gasteiger partial charge in [-0.25, -0.2) is 0 Å². The zero-order valence-electron chi connectivity index (χ0n) is 13.1. The Balaban J connectivity index is 1.88. The second-order valence-corrected chi connectivity index (χ2v) is 6.08. The van der Waals surface area contributed by atoms with Gasteiger partial charge in [0.05, 0.1) is 6.42 Å². The Hall–Kier alpha value is -2.29. The number of fused-ring (bicyclic) bond motifs is 1. The molecule has 3 rings (SSSR count). The highest BCUT2D eigenvalue weighted by molar-refractivity contribution is 5.71. The first kappa shape index (κ1) is 14.6. The van der Waals surface area contributed by atoms with Crippen LogP contribution in [0.15, 0.2) is 36.4 Å². The van der Waals surface area contributed by atoms with E-state index in [1.807, 2.05) is 12.1 Å². The topological polar surface area (TPSA) is 40.5 Å². The Kier molecular flexibility index (Phi) is 3.88. The van der Waals surface area contributed by atoms with Gasteiger partial charge in [-0.2, -0.15) is 0 Å². The van der Waals surface area contributed by atoms with E-state index in [0.717, 1.165) is 25.1 Å². The minimum atomic E-state index is -0.778. The Morgan fingerprint density at radius 3 is 2.59 bits per heavy atom. The van der Waals surface area contributed by atoms with Gasteiger partial charge >= 0.3 is 5.97 Å². The fraction of sp³-hybridized carbons (Fsp3) is 0.316. The molecule has 1 aliphatic rings. The Morgan fingerprint density at radius 2 is 1.91 bits per heavy atom. The lowest BCUT2D eigenvalue weighted by molar-refractivity contribution is -0.136. The van der Waals surface area contributed by atoms with Crippen LogP contribution in [-0.4, -0.2) is 17.6 Å². The SMILES string of the molecule is Cc1cccc(C)c1CN1CCc2ccc(CC(=O)O)cc21. The van der Waals surface area contributed by atoms with E-state index in [1.54, 1.807) is 0 Å². The summed E-state index contributed by atoms with van der Waals surface area (Å²) in [5.41, 5.74) is 7.39. The lowest BCUT2D eigenvalue weighted by atomic mass is 10.0. The molecule has 114 valence electrons. The summed E-state index contributed by atoms with van der Waals surface area (Å²) in [6, 6.07) is 12.5. The van der Waals surface area contributed by atoms with Crippen molar-refractivity contribution in [1.82, 2.24) is 0 Å². The van der Waals surface area contributed by atoms with Crippen LogP contribution >= 0.6 is 0 Å². The summed E-state index contributed by atoms with van der Waals surface area (Å²) in [6.07, 6.45) is 1.12. The van der Waals surface area contributed by atoms with Crippen molar-refractivity contribution in [2.45, 2.75) is 33.2 Å². The molecule has 0 spiro atoms. The molecule has 0 amide bonds. The highest BCUT2D eigenvalue weighted by Gasteiger charge is 2.21. The van der Waals surface area contributed by atoms with Crippen molar-refractivity contribution in [1.29, 1.82) is 0 Å². The molecule has 0 saturated carbocycles. The van der Waals surface area contributed by atoms with E-state index < -0.39 is 5.97 Å². The largest absolute Gasteiger partial charge is 0.481 e. The van der Waals surface area contributed by atoms with Gasteiger partial charge in [0.1, 0.15) is 0 Å². The number of hydrogen-bond acceptors (Lipinski definition) is 2. The van der Waals surface area contributed by atoms with Crippen LogP contribution in [0.25, 0.3) is 0 Å². The first-order valence-electron chi connectivity index (χ1n) is 7.68. The molecule has 3 heteroatoms. The van der Waals surface area contributed by atoms with Crippen molar-refractivity contribution in [3.63, 3.8) is 0 Å². The van der Waals surface area contributed by atoms with Crippen LogP contribution in [0.5, 0.6) is 0 Å². The molecule has 2 aromatic rings. The zero-order valence-corrected chi connectivity index (χ0v) is 13.1. The molecular weight excluding hydrogens is 274 g/mol. The van der Waals surface area contributed by atoms with Gasteiger partial charge in [0, 0.05) is 18.8 Å². The molecule has 0 aromatic heterocycles. The molecule has 0 atom stereocenters. The van der Waals surface area contributed by atoms with E-state index >= 15 is 0 Å². The Bertz CT molecular complexity index is 701. The maximum atomic E-state index is 10.9. The quantitative estimate of drug-likeness (QED) is 0.938. The van der Waals surface area contributed by atoms with Gasteiger partial charge in [0.25, 0.3) is 0 Å². The predicted molar refractivity (Wildman–Crippen MR) is 88.5 cm³/mol. The maximum absolute atomic E-state index is 10.9. The summed E-state index contributed by atoms with van der Waals surface area (Å²) in [4.78, 5) is 13.3. The second-order valence-electron chi connectivity index (χ2n) is 6.08. The van der Waals surface area contributed by atoms with Gasteiger partial charge < -0.3 is 10.0 Å². The predicted octanol–water partition coefficient (Wildman–Crippen LogP) is 3.49. The van der Waals surface area contributed by atoms with Gasteiger partial charge in [0.15, 0.2) is 0 Å². The number of carboxylic acid groups (broad SMARTS) is 1. The summed E-state index contributed by atoms with van der Waals surface area (Å²) in [7, 11) is 0. The smallest absolute Gasteiger partial charge is 0.307 e. The maximum Gasteiger partial charge on any atom is 0.307 e. The van der Waals surface area contributed by atoms with E-state index in [2.05, 4.69) is 43.0 Å². The molecule has 0 aliphatic carbocycles. The number of carboxylic acids is 1. The van der Waals surface area contributed by atoms with Crippen molar-refractivity contribution in [3.8, 4) is 0 Å². The molecular formula is C19H21NO2. The third-order valence-electron chi connectivity index (χ3n) is 4.49. The highest BCUT2D eigenvalue weighted by atomic mass is 16.4. The highest BCUT2D eigenvalue weighted by Crippen LogP contribution is 2.31. The van der Waals surface area contributed by atoms with Crippen LogP contribution in [0.3, 0.4) is 0 Å². The van der Waals surface area contributed by atoms with Crippen LogP contribution < -0.4 is 4.90 Å². The summed E-state index contributed by atoms with van der Waals surface area (Å²) in [5, 5.41) is 8.98. The molecule has 1 aliphatic heterocycles. The fourth-order valence-corrected chi connectivity index (χ4v) is 3.23. The number of carbonyl (C=O) groups is 1. The molecule has 1 heterocycles. The average Bonchev–Trinajstić information content (AvgIpc) is 2.85. The number of rotatable bonds is 4. The van der Waals surface area contributed by atoms with E-state index in [1.165, 1.54) is 27.9 Å². The lowest BCUT2D eigenvalue weighted by Crippen LogP contribution is -2.21. The first-order valence-corrected chi connectivity index (χ1v) is 7.68. The second kappa shape index (κ2) is 5.84. The average molecular weight is 295 g/mol. The molecule has 0 bridgehead atoms. The van der Waals surface area contributed by atoms with Crippen molar-refractivity contribution in [2.75, 3.05) is 11.4 Å². The zero-order chi connectivity index (χ0) is 15.7. The monoisotopic (exact) mass is 295 g/mol. The van der Waals surface area contributed by atoms with Gasteiger partial charge in [-0.1, -0.05) is 30.3 Å². The first-order chi connectivity index (χ1) is 10.5. The van der Waals surface area contributed by atoms with E-state index in [4.69, 9.17) is 5.11 Å². The minimum Gasteiger partial charge on any atom is -0.481 e. The number of nitrogens with zero attached hydrogens (tertiary/aromatic N) is 1. The van der Waals surface area contributed by atoms with Crippen molar-refractivity contribution in [2.24, 2.45) is 0 Å². The summed E-state index contributed by atoms with van der Waals surface area (Å²) >= 11 is 0. The normalized spacial score (nSPS) is 13.3. The molecule has 0 radical (unpaired) electrons. The molecule has 22 heavy (non-hydrogen) atoms. The minimum absolute atomic E-state index is 0.0878. The van der Waals surface area contributed by atoms with E-state index in [-0.39, 0.29) is 6.42 Å². The standard InChI is InChI=1S/C19H21NO2/c1-13-4-3-5-14(2)17(13)12-20-9-8-16-7-6-15(10-18(16)20)11-19(21)22/h3-7,10H,8-9,11-12H2,1-2H3,(H,21,22). The van der Waals surface area contributed by atoms with Crippen molar-refractivity contribution < 1.29 is 9.90 Å². The van der Waals surface area contributed by atoms with Crippen LogP contribution in [0.2, 0.25) is 0 Å². The van der Waals surface area contributed by atoms with Crippen molar-refractivity contribution >= 4 is 11.7 Å². The number of hydrogen-bond donors (Lipinski definition) is 1. The number of benzene rings is 2. The van der Waals surface area contributed by atoms with Crippen LogP contribution in [0.1, 0.15) is 27.8 Å². The van der Waals surface area contributed by atoms with E-state index in [0.29, 0.717) is 0 Å². The van der Waals surface area contributed by atoms with E-state index in [9.17, 15) is 4.79 Å². The van der Waals surface area contributed by atoms with Gasteiger partial charge in [-0.3, -0.25) is 4.79 Å². The van der Waals surface area contributed by atoms with Gasteiger partial charge in [-0.05, 0) is 54.2 Å².